The number of ether oxygens (including phenoxy) is 1. The van der Waals surface area contributed by atoms with Gasteiger partial charge in [0.1, 0.15) is 5.75 Å². The van der Waals surface area contributed by atoms with E-state index >= 15 is 0 Å². The van der Waals surface area contributed by atoms with Gasteiger partial charge < -0.3 is 4.74 Å². The SMILES string of the molecule is CCCCC1c2c(ccc(OC)c2C)C2=C(C)C(=O)CCC21. The van der Waals surface area contributed by atoms with Gasteiger partial charge in [-0.25, -0.2) is 0 Å². The molecule has 0 radical (unpaired) electrons. The lowest BCUT2D eigenvalue weighted by atomic mass is 9.77. The van der Waals surface area contributed by atoms with E-state index in [-0.39, 0.29) is 0 Å². The highest BCUT2D eigenvalue weighted by molar-refractivity contribution is 6.05. The summed E-state index contributed by atoms with van der Waals surface area (Å²) in [6, 6.07) is 4.24. The summed E-state index contributed by atoms with van der Waals surface area (Å²) in [6.07, 6.45) is 5.41. The summed E-state index contributed by atoms with van der Waals surface area (Å²) in [5, 5.41) is 0. The van der Waals surface area contributed by atoms with Crippen LogP contribution in [0.3, 0.4) is 0 Å². The molecule has 0 saturated carbocycles. The minimum absolute atomic E-state index is 0.335. The van der Waals surface area contributed by atoms with Crippen molar-refractivity contribution >= 4 is 11.4 Å². The Morgan fingerprint density at radius 3 is 2.73 bits per heavy atom. The van der Waals surface area contributed by atoms with Crippen molar-refractivity contribution in [1.82, 2.24) is 0 Å². The molecule has 0 spiro atoms. The second kappa shape index (κ2) is 5.91. The van der Waals surface area contributed by atoms with Crippen LogP contribution in [0.15, 0.2) is 17.7 Å². The molecule has 0 N–H and O–H groups in total. The minimum atomic E-state index is 0.335. The standard InChI is InChI=1S/C20H26O2/c1-5-6-7-14-15-8-10-17(21)12(2)19(15)16-9-11-18(22-4)13(3)20(14)16/h9,11,14-15H,5-8,10H2,1-4H3. The molecule has 0 bridgehead atoms. The Labute approximate surface area is 133 Å². The number of benzene rings is 1. The molecule has 3 rings (SSSR count). The van der Waals surface area contributed by atoms with E-state index in [9.17, 15) is 4.79 Å². The first-order chi connectivity index (χ1) is 10.6. The van der Waals surface area contributed by atoms with Crippen LogP contribution in [-0.2, 0) is 4.79 Å². The molecule has 2 nitrogen and oxygen atoms in total. The molecular weight excluding hydrogens is 272 g/mol. The number of carbonyl (C=O) groups is 1. The summed E-state index contributed by atoms with van der Waals surface area (Å²) in [5.41, 5.74) is 6.36. The van der Waals surface area contributed by atoms with Crippen molar-refractivity contribution in [2.75, 3.05) is 7.11 Å². The predicted molar refractivity (Wildman–Crippen MR) is 90.3 cm³/mol. The fraction of sp³-hybridized carbons (Fsp3) is 0.550. The molecule has 2 aliphatic carbocycles. The molecule has 118 valence electrons. The number of methoxy groups -OCH3 is 1. The highest BCUT2D eigenvalue weighted by atomic mass is 16.5. The zero-order valence-electron chi connectivity index (χ0n) is 14.2. The van der Waals surface area contributed by atoms with Gasteiger partial charge in [-0.15, -0.1) is 0 Å². The molecule has 1 aromatic carbocycles. The highest BCUT2D eigenvalue weighted by Crippen LogP contribution is 2.55. The molecule has 22 heavy (non-hydrogen) atoms. The minimum Gasteiger partial charge on any atom is -0.496 e. The van der Waals surface area contributed by atoms with Crippen LogP contribution in [0.1, 0.15) is 68.6 Å². The topological polar surface area (TPSA) is 26.3 Å². The van der Waals surface area contributed by atoms with E-state index in [0.29, 0.717) is 24.0 Å². The Kier molecular flexibility index (Phi) is 4.12. The fourth-order valence-corrected chi connectivity index (χ4v) is 4.46. The molecular formula is C20H26O2. The third kappa shape index (κ3) is 2.20. The Morgan fingerprint density at radius 1 is 1.27 bits per heavy atom. The van der Waals surface area contributed by atoms with Crippen molar-refractivity contribution in [1.29, 1.82) is 0 Å². The number of hydrogen-bond donors (Lipinski definition) is 0. The van der Waals surface area contributed by atoms with Gasteiger partial charge in [0.2, 0.25) is 0 Å². The summed E-state index contributed by atoms with van der Waals surface area (Å²) < 4.78 is 5.54. The third-order valence-corrected chi connectivity index (χ3v) is 5.58. The Morgan fingerprint density at radius 2 is 2.05 bits per heavy atom. The molecule has 2 heteroatoms. The summed E-state index contributed by atoms with van der Waals surface area (Å²) in [4.78, 5) is 12.2. The number of allylic oxidation sites excluding steroid dienone is 2. The van der Waals surface area contributed by atoms with Crippen LogP contribution in [-0.4, -0.2) is 12.9 Å². The monoisotopic (exact) mass is 298 g/mol. The van der Waals surface area contributed by atoms with Crippen molar-refractivity contribution in [3.05, 3.63) is 34.4 Å². The van der Waals surface area contributed by atoms with Crippen LogP contribution in [0, 0.1) is 12.8 Å². The molecule has 2 aliphatic rings. The van der Waals surface area contributed by atoms with E-state index < -0.39 is 0 Å². The van der Waals surface area contributed by atoms with Crippen LogP contribution < -0.4 is 4.74 Å². The van der Waals surface area contributed by atoms with Gasteiger partial charge in [0.15, 0.2) is 5.78 Å². The van der Waals surface area contributed by atoms with Crippen molar-refractivity contribution in [3.63, 3.8) is 0 Å². The maximum absolute atomic E-state index is 12.2. The number of rotatable bonds is 4. The fourth-order valence-electron chi connectivity index (χ4n) is 4.46. The smallest absolute Gasteiger partial charge is 0.158 e. The van der Waals surface area contributed by atoms with E-state index in [1.165, 1.54) is 41.5 Å². The number of fused-ring (bicyclic) bond motifs is 3. The first kappa shape index (κ1) is 15.3. The van der Waals surface area contributed by atoms with Gasteiger partial charge in [-0.2, -0.15) is 0 Å². The lowest BCUT2D eigenvalue weighted by molar-refractivity contribution is -0.116. The highest BCUT2D eigenvalue weighted by Gasteiger charge is 2.41. The normalized spacial score (nSPS) is 23.5. The van der Waals surface area contributed by atoms with E-state index in [2.05, 4.69) is 26.0 Å². The number of hydrogen-bond acceptors (Lipinski definition) is 2. The van der Waals surface area contributed by atoms with Crippen LogP contribution in [0.5, 0.6) is 5.75 Å². The zero-order chi connectivity index (χ0) is 15.9. The maximum Gasteiger partial charge on any atom is 0.158 e. The molecule has 0 amide bonds. The van der Waals surface area contributed by atoms with Gasteiger partial charge in [-0.3, -0.25) is 4.79 Å². The van der Waals surface area contributed by atoms with Gasteiger partial charge in [0, 0.05) is 6.42 Å². The number of carbonyl (C=O) groups excluding carboxylic acids is 1. The van der Waals surface area contributed by atoms with Gasteiger partial charge in [-0.05, 0) is 72.4 Å². The van der Waals surface area contributed by atoms with Crippen molar-refractivity contribution in [2.45, 2.75) is 58.8 Å². The van der Waals surface area contributed by atoms with Crippen molar-refractivity contribution in [2.24, 2.45) is 5.92 Å². The summed E-state index contributed by atoms with van der Waals surface area (Å²) >= 11 is 0. The average Bonchev–Trinajstić information content (AvgIpc) is 2.84. The van der Waals surface area contributed by atoms with Gasteiger partial charge in [0.25, 0.3) is 0 Å². The first-order valence-corrected chi connectivity index (χ1v) is 8.52. The van der Waals surface area contributed by atoms with Crippen LogP contribution in [0.2, 0.25) is 0 Å². The second-order valence-corrected chi connectivity index (χ2v) is 6.71. The van der Waals surface area contributed by atoms with Crippen LogP contribution in [0.4, 0.5) is 0 Å². The summed E-state index contributed by atoms with van der Waals surface area (Å²) in [7, 11) is 1.74. The molecule has 0 aromatic heterocycles. The van der Waals surface area contributed by atoms with Gasteiger partial charge in [0.05, 0.1) is 7.11 Å². The van der Waals surface area contributed by atoms with Crippen LogP contribution >= 0.6 is 0 Å². The molecule has 2 atom stereocenters. The molecule has 2 unspecified atom stereocenters. The molecule has 0 aliphatic heterocycles. The summed E-state index contributed by atoms with van der Waals surface area (Å²) in [5.74, 6) is 2.40. The average molecular weight is 298 g/mol. The third-order valence-electron chi connectivity index (χ3n) is 5.58. The first-order valence-electron chi connectivity index (χ1n) is 8.52. The Hall–Kier alpha value is -1.57. The molecule has 0 saturated heterocycles. The number of Topliss-reactive ketones (excluding diaryl/α,β-unsaturated/α-hetero) is 1. The van der Waals surface area contributed by atoms with Crippen LogP contribution in [0.25, 0.3) is 5.57 Å². The van der Waals surface area contributed by atoms with Crippen molar-refractivity contribution < 1.29 is 9.53 Å². The van der Waals surface area contributed by atoms with E-state index in [4.69, 9.17) is 4.74 Å². The lowest BCUT2D eigenvalue weighted by Gasteiger charge is -2.26. The Balaban J connectivity index is 2.18. The second-order valence-electron chi connectivity index (χ2n) is 6.71. The molecule has 0 heterocycles. The number of ketones is 1. The lowest BCUT2D eigenvalue weighted by Crippen LogP contribution is -2.17. The number of unbranched alkanes of at least 4 members (excludes halogenated alkanes) is 1. The van der Waals surface area contributed by atoms with Gasteiger partial charge >= 0.3 is 0 Å². The zero-order valence-corrected chi connectivity index (χ0v) is 14.2. The quantitative estimate of drug-likeness (QED) is 0.778. The largest absolute Gasteiger partial charge is 0.496 e. The van der Waals surface area contributed by atoms with E-state index in [1.54, 1.807) is 7.11 Å². The van der Waals surface area contributed by atoms with Gasteiger partial charge in [-0.1, -0.05) is 25.8 Å². The van der Waals surface area contributed by atoms with E-state index in [0.717, 1.165) is 17.7 Å². The molecule has 1 aromatic rings. The summed E-state index contributed by atoms with van der Waals surface area (Å²) in [6.45, 7) is 6.45. The predicted octanol–water partition coefficient (Wildman–Crippen LogP) is 5.04. The van der Waals surface area contributed by atoms with E-state index in [1.807, 2.05) is 6.92 Å². The Bertz CT molecular complexity index is 639. The maximum atomic E-state index is 12.2. The van der Waals surface area contributed by atoms with Crippen molar-refractivity contribution in [3.8, 4) is 5.75 Å². The molecule has 0 fully saturated rings.